The summed E-state index contributed by atoms with van der Waals surface area (Å²) in [6.45, 7) is 10.7. The molecular formula is C12H23N. The topological polar surface area (TPSA) is 12.0 Å². The van der Waals surface area contributed by atoms with Crippen LogP contribution in [0.15, 0.2) is 12.7 Å². The van der Waals surface area contributed by atoms with Crippen molar-refractivity contribution in [2.75, 3.05) is 0 Å². The average Bonchev–Trinajstić information content (AvgIpc) is 2.13. The third-order valence-electron chi connectivity index (χ3n) is 3.54. The van der Waals surface area contributed by atoms with Gasteiger partial charge in [-0.2, -0.15) is 0 Å². The summed E-state index contributed by atoms with van der Waals surface area (Å²) in [5, 5.41) is 3.63. The maximum atomic E-state index is 3.81. The lowest BCUT2D eigenvalue weighted by Gasteiger charge is -2.36. The third-order valence-corrected chi connectivity index (χ3v) is 3.54. The molecule has 1 N–H and O–H groups in total. The second kappa shape index (κ2) is 4.80. The molecule has 0 aromatic rings. The standard InChI is InChI=1S/C12H23N/c1-5-10(3)13-12-8-6-7-9(2)11(12)4/h5,9-13H,1,6-8H2,2-4H3. The minimum Gasteiger partial charge on any atom is -0.308 e. The minimum absolute atomic E-state index is 0.456. The van der Waals surface area contributed by atoms with Gasteiger partial charge in [0.05, 0.1) is 0 Å². The fraction of sp³-hybridized carbons (Fsp3) is 0.833. The van der Waals surface area contributed by atoms with E-state index >= 15 is 0 Å². The summed E-state index contributed by atoms with van der Waals surface area (Å²) in [6, 6.07) is 1.16. The molecule has 4 unspecified atom stereocenters. The van der Waals surface area contributed by atoms with Crippen molar-refractivity contribution in [3.8, 4) is 0 Å². The molecule has 76 valence electrons. The van der Waals surface area contributed by atoms with Gasteiger partial charge in [0.1, 0.15) is 0 Å². The molecule has 0 spiro atoms. The smallest absolute Gasteiger partial charge is 0.0221 e. The van der Waals surface area contributed by atoms with Crippen LogP contribution >= 0.6 is 0 Å². The van der Waals surface area contributed by atoms with Crippen LogP contribution in [0.3, 0.4) is 0 Å². The van der Waals surface area contributed by atoms with Crippen molar-refractivity contribution in [1.29, 1.82) is 0 Å². The van der Waals surface area contributed by atoms with Gasteiger partial charge < -0.3 is 5.32 Å². The number of hydrogen-bond donors (Lipinski definition) is 1. The minimum atomic E-state index is 0.456. The van der Waals surface area contributed by atoms with Crippen molar-refractivity contribution < 1.29 is 0 Å². The number of rotatable bonds is 3. The highest BCUT2D eigenvalue weighted by atomic mass is 14.9. The molecule has 0 aromatic carbocycles. The summed E-state index contributed by atoms with van der Waals surface area (Å²) in [5.74, 6) is 1.69. The van der Waals surface area contributed by atoms with Crippen molar-refractivity contribution in [2.45, 2.75) is 52.1 Å². The van der Waals surface area contributed by atoms with E-state index in [0.29, 0.717) is 12.1 Å². The molecule has 1 rings (SSSR count). The van der Waals surface area contributed by atoms with Crippen LogP contribution in [0.5, 0.6) is 0 Å². The van der Waals surface area contributed by atoms with E-state index in [1.54, 1.807) is 0 Å². The van der Waals surface area contributed by atoms with E-state index in [0.717, 1.165) is 11.8 Å². The van der Waals surface area contributed by atoms with Crippen molar-refractivity contribution in [3.05, 3.63) is 12.7 Å². The molecule has 0 radical (unpaired) electrons. The lowest BCUT2D eigenvalue weighted by Crippen LogP contribution is -2.44. The molecule has 0 amide bonds. The van der Waals surface area contributed by atoms with E-state index in [1.807, 2.05) is 6.08 Å². The predicted molar refractivity (Wildman–Crippen MR) is 58.8 cm³/mol. The van der Waals surface area contributed by atoms with Gasteiger partial charge in [0.2, 0.25) is 0 Å². The summed E-state index contributed by atoms with van der Waals surface area (Å²) in [5.41, 5.74) is 0. The van der Waals surface area contributed by atoms with Crippen molar-refractivity contribution in [2.24, 2.45) is 11.8 Å². The molecule has 1 aliphatic carbocycles. The Morgan fingerprint density at radius 3 is 2.69 bits per heavy atom. The molecule has 0 saturated heterocycles. The first-order valence-electron chi connectivity index (χ1n) is 5.53. The molecule has 13 heavy (non-hydrogen) atoms. The van der Waals surface area contributed by atoms with Crippen LogP contribution in [0.2, 0.25) is 0 Å². The van der Waals surface area contributed by atoms with Gasteiger partial charge in [0.25, 0.3) is 0 Å². The Morgan fingerprint density at radius 2 is 2.08 bits per heavy atom. The molecule has 0 aromatic heterocycles. The van der Waals surface area contributed by atoms with Crippen LogP contribution in [0.25, 0.3) is 0 Å². The normalized spacial score (nSPS) is 37.0. The van der Waals surface area contributed by atoms with Gasteiger partial charge in [-0.25, -0.2) is 0 Å². The Hall–Kier alpha value is -0.300. The van der Waals surface area contributed by atoms with Gasteiger partial charge >= 0.3 is 0 Å². The number of hydrogen-bond acceptors (Lipinski definition) is 1. The molecule has 0 aliphatic heterocycles. The van der Waals surface area contributed by atoms with E-state index in [1.165, 1.54) is 19.3 Å². The second-order valence-electron chi connectivity index (χ2n) is 4.56. The fourth-order valence-electron chi connectivity index (χ4n) is 2.22. The Balaban J connectivity index is 2.43. The van der Waals surface area contributed by atoms with Crippen LogP contribution in [-0.2, 0) is 0 Å². The molecule has 1 nitrogen and oxygen atoms in total. The monoisotopic (exact) mass is 181 g/mol. The van der Waals surface area contributed by atoms with E-state index in [4.69, 9.17) is 0 Å². The van der Waals surface area contributed by atoms with Gasteiger partial charge in [0, 0.05) is 12.1 Å². The third kappa shape index (κ3) is 2.84. The molecule has 4 atom stereocenters. The van der Waals surface area contributed by atoms with Crippen molar-refractivity contribution in [1.82, 2.24) is 5.32 Å². The molecule has 0 heterocycles. The zero-order valence-electron chi connectivity index (χ0n) is 9.22. The van der Waals surface area contributed by atoms with Crippen LogP contribution in [0.1, 0.15) is 40.0 Å². The first-order chi connectivity index (χ1) is 6.15. The second-order valence-corrected chi connectivity index (χ2v) is 4.56. The predicted octanol–water partition coefficient (Wildman–Crippen LogP) is 2.98. The van der Waals surface area contributed by atoms with Crippen molar-refractivity contribution >= 4 is 0 Å². The van der Waals surface area contributed by atoms with Crippen LogP contribution < -0.4 is 5.32 Å². The van der Waals surface area contributed by atoms with Gasteiger partial charge in [-0.05, 0) is 25.2 Å². The largest absolute Gasteiger partial charge is 0.308 e. The summed E-state index contributed by atoms with van der Waals surface area (Å²) in [4.78, 5) is 0. The fourth-order valence-corrected chi connectivity index (χ4v) is 2.22. The molecule has 0 bridgehead atoms. The Labute approximate surface area is 82.6 Å². The van der Waals surface area contributed by atoms with Gasteiger partial charge in [0.15, 0.2) is 0 Å². The maximum absolute atomic E-state index is 3.81. The van der Waals surface area contributed by atoms with E-state index < -0.39 is 0 Å². The summed E-state index contributed by atoms with van der Waals surface area (Å²) < 4.78 is 0. The highest BCUT2D eigenvalue weighted by Crippen LogP contribution is 2.29. The molecule has 1 aliphatic rings. The van der Waals surface area contributed by atoms with E-state index in [2.05, 4.69) is 32.7 Å². The van der Waals surface area contributed by atoms with Gasteiger partial charge in [-0.1, -0.05) is 32.8 Å². The quantitative estimate of drug-likeness (QED) is 0.660. The maximum Gasteiger partial charge on any atom is 0.0221 e. The lowest BCUT2D eigenvalue weighted by molar-refractivity contribution is 0.202. The van der Waals surface area contributed by atoms with E-state index in [9.17, 15) is 0 Å². The number of nitrogens with one attached hydrogen (secondary N) is 1. The SMILES string of the molecule is C=CC(C)NC1CCCC(C)C1C. The highest BCUT2D eigenvalue weighted by Gasteiger charge is 2.26. The molecule has 1 saturated carbocycles. The molecule has 1 heteroatoms. The lowest BCUT2D eigenvalue weighted by atomic mass is 9.78. The van der Waals surface area contributed by atoms with E-state index in [-0.39, 0.29) is 0 Å². The average molecular weight is 181 g/mol. The van der Waals surface area contributed by atoms with Gasteiger partial charge in [-0.3, -0.25) is 0 Å². The van der Waals surface area contributed by atoms with Crippen LogP contribution in [-0.4, -0.2) is 12.1 Å². The summed E-state index contributed by atoms with van der Waals surface area (Å²) in [7, 11) is 0. The Kier molecular flexibility index (Phi) is 3.98. The Morgan fingerprint density at radius 1 is 1.38 bits per heavy atom. The zero-order valence-corrected chi connectivity index (χ0v) is 9.22. The zero-order chi connectivity index (χ0) is 9.84. The van der Waals surface area contributed by atoms with Crippen LogP contribution in [0, 0.1) is 11.8 Å². The van der Waals surface area contributed by atoms with Crippen molar-refractivity contribution in [3.63, 3.8) is 0 Å². The Bertz CT molecular complexity index is 165. The van der Waals surface area contributed by atoms with Gasteiger partial charge in [-0.15, -0.1) is 6.58 Å². The highest BCUT2D eigenvalue weighted by molar-refractivity contribution is 4.89. The first-order valence-corrected chi connectivity index (χ1v) is 5.53. The molecule has 1 fully saturated rings. The summed E-state index contributed by atoms with van der Waals surface area (Å²) in [6.07, 6.45) is 6.12. The van der Waals surface area contributed by atoms with Crippen LogP contribution in [0.4, 0.5) is 0 Å². The first kappa shape index (κ1) is 10.8. The molecular weight excluding hydrogens is 158 g/mol. The summed E-state index contributed by atoms with van der Waals surface area (Å²) >= 11 is 0.